The molecule has 1 heterocycles. The molecule has 1 aromatic rings. The molecule has 0 spiro atoms. The van der Waals surface area contributed by atoms with Crippen molar-refractivity contribution in [3.8, 4) is 0 Å². The smallest absolute Gasteiger partial charge is 0.234 e. The normalized spacial score (nSPS) is 15.4. The van der Waals surface area contributed by atoms with Crippen LogP contribution in [-0.4, -0.2) is 31.6 Å². The number of hydrogen-bond acceptors (Lipinski definition) is 3. The number of nitrogens with zero attached hydrogens (tertiary/aromatic N) is 1. The molecule has 1 atom stereocenters. The van der Waals surface area contributed by atoms with Gasteiger partial charge in [0.05, 0.1) is 6.04 Å². The number of carbonyl (C=O) groups excluding carboxylic acids is 1. The zero-order valence-corrected chi connectivity index (χ0v) is 11.2. The predicted molar refractivity (Wildman–Crippen MR) is 73.6 cm³/mol. The van der Waals surface area contributed by atoms with E-state index >= 15 is 0 Å². The Kier molecular flexibility index (Phi) is 4.37. The third kappa shape index (κ3) is 3.23. The van der Waals surface area contributed by atoms with Gasteiger partial charge in [-0.05, 0) is 37.1 Å². The molecule has 2 rings (SSSR count). The number of halogens is 1. The number of nitrogens with one attached hydrogen (secondary N) is 1. The van der Waals surface area contributed by atoms with E-state index in [4.69, 9.17) is 5.73 Å². The molecule has 5 heteroatoms. The lowest BCUT2D eigenvalue weighted by molar-refractivity contribution is -0.120. The van der Waals surface area contributed by atoms with Crippen LogP contribution >= 0.6 is 0 Å². The number of likely N-dealkylation sites (N-methyl/N-ethyl adjacent to an activating group) is 1. The van der Waals surface area contributed by atoms with E-state index in [-0.39, 0.29) is 17.8 Å². The quantitative estimate of drug-likeness (QED) is 0.808. The van der Waals surface area contributed by atoms with Gasteiger partial charge in [-0.2, -0.15) is 0 Å². The molecule has 19 heavy (non-hydrogen) atoms. The second-order valence-corrected chi connectivity index (χ2v) is 4.81. The molecule has 0 aromatic heterocycles. The summed E-state index contributed by atoms with van der Waals surface area (Å²) in [4.78, 5) is 13.4. The Bertz CT molecular complexity index is 464. The van der Waals surface area contributed by atoms with Crippen LogP contribution in [0.2, 0.25) is 0 Å². The summed E-state index contributed by atoms with van der Waals surface area (Å²) in [5, 5.41) is 3.07. The van der Waals surface area contributed by atoms with Crippen LogP contribution in [0.3, 0.4) is 0 Å². The number of nitrogens with two attached hydrogens (primary N) is 1. The van der Waals surface area contributed by atoms with Crippen molar-refractivity contribution in [2.75, 3.05) is 24.5 Å². The number of primary amides is 1. The first-order chi connectivity index (χ1) is 9.11. The lowest BCUT2D eigenvalue weighted by Crippen LogP contribution is -2.43. The largest absolute Gasteiger partial charge is 0.371 e. The Labute approximate surface area is 112 Å². The second kappa shape index (κ2) is 6.02. The van der Waals surface area contributed by atoms with Crippen LogP contribution in [-0.2, 0) is 11.2 Å². The summed E-state index contributed by atoms with van der Waals surface area (Å²) in [5.74, 6) is -0.552. The van der Waals surface area contributed by atoms with Crippen LogP contribution in [0.1, 0.15) is 18.9 Å². The molecule has 0 saturated carbocycles. The molecule has 1 aliphatic heterocycles. The fourth-order valence-electron chi connectivity index (χ4n) is 2.53. The SMILES string of the molecule is CCNC(CCN1CCc2ccc(F)cc21)C(N)=O. The maximum atomic E-state index is 13.3. The van der Waals surface area contributed by atoms with Gasteiger partial charge in [0.2, 0.25) is 5.91 Å². The average molecular weight is 265 g/mol. The first-order valence-corrected chi connectivity index (χ1v) is 6.68. The van der Waals surface area contributed by atoms with Crippen molar-refractivity contribution in [2.24, 2.45) is 5.73 Å². The zero-order chi connectivity index (χ0) is 13.8. The molecular formula is C14H20FN3O. The summed E-state index contributed by atoms with van der Waals surface area (Å²) in [6.07, 6.45) is 1.57. The highest BCUT2D eigenvalue weighted by Gasteiger charge is 2.21. The monoisotopic (exact) mass is 265 g/mol. The van der Waals surface area contributed by atoms with Crippen molar-refractivity contribution in [3.63, 3.8) is 0 Å². The third-order valence-electron chi connectivity index (χ3n) is 3.52. The minimum Gasteiger partial charge on any atom is -0.371 e. The molecule has 0 aliphatic carbocycles. The summed E-state index contributed by atoms with van der Waals surface area (Å²) >= 11 is 0. The van der Waals surface area contributed by atoms with Crippen molar-refractivity contribution in [3.05, 3.63) is 29.6 Å². The van der Waals surface area contributed by atoms with Gasteiger partial charge in [0, 0.05) is 18.8 Å². The molecule has 104 valence electrons. The second-order valence-electron chi connectivity index (χ2n) is 4.81. The minimum atomic E-state index is -0.333. The van der Waals surface area contributed by atoms with Crippen molar-refractivity contribution in [1.29, 1.82) is 0 Å². The number of amides is 1. The van der Waals surface area contributed by atoms with Gasteiger partial charge in [-0.15, -0.1) is 0 Å². The number of rotatable bonds is 6. The maximum Gasteiger partial charge on any atom is 0.234 e. The van der Waals surface area contributed by atoms with Gasteiger partial charge in [-0.3, -0.25) is 4.79 Å². The van der Waals surface area contributed by atoms with E-state index in [0.29, 0.717) is 19.5 Å². The molecule has 1 aromatic carbocycles. The Morgan fingerprint density at radius 3 is 3.05 bits per heavy atom. The topological polar surface area (TPSA) is 58.4 Å². The van der Waals surface area contributed by atoms with E-state index in [1.54, 1.807) is 6.07 Å². The minimum absolute atomic E-state index is 0.219. The standard InChI is InChI=1S/C14H20FN3O/c1-2-17-12(14(16)19)6-8-18-7-5-10-3-4-11(15)9-13(10)18/h3-4,9,12,17H,2,5-8H2,1H3,(H2,16,19). The number of benzene rings is 1. The Morgan fingerprint density at radius 2 is 2.37 bits per heavy atom. The van der Waals surface area contributed by atoms with E-state index < -0.39 is 0 Å². The maximum absolute atomic E-state index is 13.3. The van der Waals surface area contributed by atoms with Gasteiger partial charge in [-0.25, -0.2) is 4.39 Å². The Morgan fingerprint density at radius 1 is 1.58 bits per heavy atom. The zero-order valence-electron chi connectivity index (χ0n) is 11.2. The lowest BCUT2D eigenvalue weighted by Gasteiger charge is -2.22. The molecule has 4 nitrogen and oxygen atoms in total. The molecule has 0 radical (unpaired) electrons. The predicted octanol–water partition coefficient (Wildman–Crippen LogP) is 1.04. The summed E-state index contributed by atoms with van der Waals surface area (Å²) in [7, 11) is 0. The van der Waals surface area contributed by atoms with E-state index in [2.05, 4.69) is 10.2 Å². The van der Waals surface area contributed by atoms with Crippen molar-refractivity contribution >= 4 is 11.6 Å². The molecule has 0 saturated heterocycles. The molecule has 1 amide bonds. The van der Waals surface area contributed by atoms with E-state index in [9.17, 15) is 9.18 Å². The Hall–Kier alpha value is -1.62. The van der Waals surface area contributed by atoms with Crippen LogP contribution in [0.15, 0.2) is 18.2 Å². The van der Waals surface area contributed by atoms with E-state index in [1.165, 1.54) is 11.6 Å². The molecule has 3 N–H and O–H groups in total. The summed E-state index contributed by atoms with van der Waals surface area (Å²) in [6, 6.07) is 4.57. The average Bonchev–Trinajstić information content (AvgIpc) is 2.76. The van der Waals surface area contributed by atoms with Crippen molar-refractivity contribution in [1.82, 2.24) is 5.32 Å². The van der Waals surface area contributed by atoms with Gasteiger partial charge < -0.3 is 16.0 Å². The molecule has 1 unspecified atom stereocenters. The van der Waals surface area contributed by atoms with Gasteiger partial charge in [0.15, 0.2) is 0 Å². The van der Waals surface area contributed by atoms with Gasteiger partial charge >= 0.3 is 0 Å². The summed E-state index contributed by atoms with van der Waals surface area (Å²) < 4.78 is 13.3. The van der Waals surface area contributed by atoms with Crippen LogP contribution in [0, 0.1) is 5.82 Å². The third-order valence-corrected chi connectivity index (χ3v) is 3.52. The molecular weight excluding hydrogens is 245 g/mol. The van der Waals surface area contributed by atoms with E-state index in [0.717, 1.165) is 18.7 Å². The lowest BCUT2D eigenvalue weighted by atomic mass is 10.1. The molecule has 0 fully saturated rings. The summed E-state index contributed by atoms with van der Waals surface area (Å²) in [6.45, 7) is 4.22. The first-order valence-electron chi connectivity index (χ1n) is 6.68. The van der Waals surface area contributed by atoms with E-state index in [1.807, 2.05) is 13.0 Å². The number of fused-ring (bicyclic) bond motifs is 1. The molecule has 1 aliphatic rings. The highest BCUT2D eigenvalue weighted by Crippen LogP contribution is 2.28. The van der Waals surface area contributed by atoms with Crippen LogP contribution < -0.4 is 16.0 Å². The fourth-order valence-corrected chi connectivity index (χ4v) is 2.53. The highest BCUT2D eigenvalue weighted by atomic mass is 19.1. The van der Waals surface area contributed by atoms with Crippen molar-refractivity contribution in [2.45, 2.75) is 25.8 Å². The Balaban J connectivity index is 1.98. The van der Waals surface area contributed by atoms with Crippen LogP contribution in [0.25, 0.3) is 0 Å². The van der Waals surface area contributed by atoms with Gasteiger partial charge in [-0.1, -0.05) is 13.0 Å². The molecule has 0 bridgehead atoms. The fraction of sp³-hybridized carbons (Fsp3) is 0.500. The van der Waals surface area contributed by atoms with Gasteiger partial charge in [0.25, 0.3) is 0 Å². The number of carbonyl (C=O) groups is 1. The first kappa shape index (κ1) is 13.8. The van der Waals surface area contributed by atoms with Crippen molar-refractivity contribution < 1.29 is 9.18 Å². The van der Waals surface area contributed by atoms with Crippen LogP contribution in [0.4, 0.5) is 10.1 Å². The summed E-state index contributed by atoms with van der Waals surface area (Å²) in [5.41, 5.74) is 7.46. The number of hydrogen-bond donors (Lipinski definition) is 2. The highest BCUT2D eigenvalue weighted by molar-refractivity contribution is 5.79. The van der Waals surface area contributed by atoms with Gasteiger partial charge in [0.1, 0.15) is 5.82 Å². The number of anilines is 1. The van der Waals surface area contributed by atoms with Crippen LogP contribution in [0.5, 0.6) is 0 Å².